The van der Waals surface area contributed by atoms with Gasteiger partial charge in [0.2, 0.25) is 0 Å². The van der Waals surface area contributed by atoms with Crippen LogP contribution in [0.15, 0.2) is 22.9 Å². The van der Waals surface area contributed by atoms with E-state index in [1.54, 1.807) is 12.3 Å². The predicted octanol–water partition coefficient (Wildman–Crippen LogP) is 4.80. The van der Waals surface area contributed by atoms with Crippen molar-refractivity contribution in [2.75, 3.05) is 0 Å². The molecule has 0 fully saturated rings. The van der Waals surface area contributed by atoms with Gasteiger partial charge < -0.3 is 0 Å². The molecule has 0 nitrogen and oxygen atoms in total. The van der Waals surface area contributed by atoms with Crippen LogP contribution in [0, 0.1) is 24.4 Å². The van der Waals surface area contributed by atoms with Crippen molar-refractivity contribution in [3.63, 3.8) is 0 Å². The molecule has 5 heteroatoms. The molecule has 0 aliphatic carbocycles. The minimum atomic E-state index is -0.965. The summed E-state index contributed by atoms with van der Waals surface area (Å²) in [5.41, 5.74) is 1.19. The summed E-state index contributed by atoms with van der Waals surface area (Å²) in [6.45, 7) is 1.81. The highest BCUT2D eigenvalue weighted by Gasteiger charge is 2.22. The minimum Gasteiger partial charge on any atom is -0.207 e. The van der Waals surface area contributed by atoms with Gasteiger partial charge in [-0.2, -0.15) is 11.3 Å². The summed E-state index contributed by atoms with van der Waals surface area (Å²) in [5.74, 6) is -2.88. The van der Waals surface area contributed by atoms with Crippen molar-refractivity contribution in [3.8, 4) is 0 Å². The Bertz CT molecular complexity index is 527. The number of hydrogen-bond acceptors (Lipinski definition) is 1. The first kappa shape index (κ1) is 12.5. The number of rotatable bonds is 2. The highest BCUT2D eigenvalue weighted by Crippen LogP contribution is 2.35. The van der Waals surface area contributed by atoms with E-state index in [2.05, 4.69) is 0 Å². The lowest BCUT2D eigenvalue weighted by molar-refractivity contribution is 0.526. The van der Waals surface area contributed by atoms with Gasteiger partial charge in [-0.1, -0.05) is 0 Å². The van der Waals surface area contributed by atoms with Crippen LogP contribution in [0.25, 0.3) is 0 Å². The molecule has 0 spiro atoms. The second-order valence-corrected chi connectivity index (χ2v) is 4.84. The average molecular weight is 277 g/mol. The quantitative estimate of drug-likeness (QED) is 0.691. The second kappa shape index (κ2) is 4.70. The van der Waals surface area contributed by atoms with E-state index in [0.717, 1.165) is 5.56 Å². The van der Waals surface area contributed by atoms with Crippen molar-refractivity contribution in [2.24, 2.45) is 0 Å². The maximum absolute atomic E-state index is 13.5. The summed E-state index contributed by atoms with van der Waals surface area (Å²) < 4.78 is 39.8. The molecule has 1 aromatic heterocycles. The highest BCUT2D eigenvalue weighted by atomic mass is 35.5. The van der Waals surface area contributed by atoms with Gasteiger partial charge in [-0.05, 0) is 28.8 Å². The Morgan fingerprint density at radius 3 is 2.18 bits per heavy atom. The van der Waals surface area contributed by atoms with Gasteiger partial charge in [-0.25, -0.2) is 13.2 Å². The fourth-order valence-electron chi connectivity index (χ4n) is 1.58. The lowest BCUT2D eigenvalue weighted by Crippen LogP contribution is -2.02. The molecule has 1 aromatic carbocycles. The summed E-state index contributed by atoms with van der Waals surface area (Å²) in [6.07, 6.45) is 0. The molecule has 1 heterocycles. The van der Waals surface area contributed by atoms with Gasteiger partial charge in [0.25, 0.3) is 0 Å². The lowest BCUT2D eigenvalue weighted by atomic mass is 10.0. The molecule has 0 aliphatic heterocycles. The Balaban J connectivity index is 2.51. The molecule has 0 saturated heterocycles. The van der Waals surface area contributed by atoms with E-state index < -0.39 is 22.8 Å². The predicted molar refractivity (Wildman–Crippen MR) is 63.1 cm³/mol. The van der Waals surface area contributed by atoms with Crippen molar-refractivity contribution < 1.29 is 13.2 Å². The molecule has 1 unspecified atom stereocenters. The summed E-state index contributed by atoms with van der Waals surface area (Å²) in [5, 5.41) is 2.63. The third kappa shape index (κ3) is 2.33. The summed E-state index contributed by atoms with van der Waals surface area (Å²) in [7, 11) is 0. The Labute approximate surface area is 106 Å². The molecule has 0 aliphatic rings. The largest absolute Gasteiger partial charge is 0.207 e. The molecule has 0 saturated carbocycles. The molecular weight excluding hydrogens is 269 g/mol. The minimum absolute atomic E-state index is 0.311. The van der Waals surface area contributed by atoms with Gasteiger partial charge in [0, 0.05) is 17.7 Å². The van der Waals surface area contributed by atoms with E-state index in [1.807, 2.05) is 5.38 Å². The Morgan fingerprint density at radius 2 is 1.71 bits per heavy atom. The van der Waals surface area contributed by atoms with E-state index in [4.69, 9.17) is 11.6 Å². The van der Waals surface area contributed by atoms with Crippen molar-refractivity contribution in [1.82, 2.24) is 0 Å². The second-order valence-electron chi connectivity index (χ2n) is 3.66. The van der Waals surface area contributed by atoms with Crippen LogP contribution >= 0.6 is 22.9 Å². The number of aryl methyl sites for hydroxylation is 1. The van der Waals surface area contributed by atoms with E-state index >= 15 is 0 Å². The van der Waals surface area contributed by atoms with Crippen LogP contribution in [0.4, 0.5) is 13.2 Å². The normalized spacial score (nSPS) is 12.8. The standard InChI is InChI=1S/C12H8ClF3S/c1-6-4-17-5-8(6)12(13)11-9(15)2-7(14)3-10(11)16/h2-5,12H,1H3. The van der Waals surface area contributed by atoms with Crippen molar-refractivity contribution in [3.05, 3.63) is 57.0 Å². The van der Waals surface area contributed by atoms with E-state index in [9.17, 15) is 13.2 Å². The Morgan fingerprint density at radius 1 is 1.12 bits per heavy atom. The number of thiophene rings is 1. The Hall–Kier alpha value is -1.00. The molecule has 2 rings (SSSR count). The molecule has 0 N–H and O–H groups in total. The third-order valence-electron chi connectivity index (χ3n) is 2.47. The zero-order chi connectivity index (χ0) is 12.6. The molecule has 0 bridgehead atoms. The van der Waals surface area contributed by atoms with Crippen LogP contribution in [0.2, 0.25) is 0 Å². The van der Waals surface area contributed by atoms with Gasteiger partial charge in [-0.3, -0.25) is 0 Å². The number of hydrogen-bond donors (Lipinski definition) is 0. The summed E-state index contributed by atoms with van der Waals surface area (Å²) >= 11 is 7.45. The highest BCUT2D eigenvalue weighted by molar-refractivity contribution is 7.08. The molecule has 2 aromatic rings. The fourth-order valence-corrected chi connectivity index (χ4v) is 2.98. The molecule has 90 valence electrons. The van der Waals surface area contributed by atoms with Crippen LogP contribution in [-0.4, -0.2) is 0 Å². The summed E-state index contributed by atoms with van der Waals surface area (Å²) in [4.78, 5) is 0. The monoisotopic (exact) mass is 276 g/mol. The van der Waals surface area contributed by atoms with Gasteiger partial charge in [-0.15, -0.1) is 11.6 Å². The van der Waals surface area contributed by atoms with Gasteiger partial charge >= 0.3 is 0 Å². The van der Waals surface area contributed by atoms with Crippen LogP contribution in [0.3, 0.4) is 0 Å². The maximum Gasteiger partial charge on any atom is 0.134 e. The van der Waals surface area contributed by atoms with Crippen molar-refractivity contribution >= 4 is 22.9 Å². The average Bonchev–Trinajstić information content (AvgIpc) is 2.62. The fraction of sp³-hybridized carbons (Fsp3) is 0.167. The van der Waals surface area contributed by atoms with Gasteiger partial charge in [0.05, 0.1) is 5.38 Å². The topological polar surface area (TPSA) is 0 Å². The van der Waals surface area contributed by atoms with Crippen molar-refractivity contribution in [2.45, 2.75) is 12.3 Å². The van der Waals surface area contributed by atoms with Crippen LogP contribution in [-0.2, 0) is 0 Å². The number of alkyl halides is 1. The SMILES string of the molecule is Cc1cscc1C(Cl)c1c(F)cc(F)cc1F. The van der Waals surface area contributed by atoms with Crippen LogP contribution < -0.4 is 0 Å². The van der Waals surface area contributed by atoms with E-state index in [-0.39, 0.29) is 5.56 Å². The van der Waals surface area contributed by atoms with Crippen LogP contribution in [0.1, 0.15) is 22.1 Å². The third-order valence-corrected chi connectivity index (χ3v) is 3.80. The molecular formula is C12H8ClF3S. The van der Waals surface area contributed by atoms with E-state index in [0.29, 0.717) is 17.7 Å². The van der Waals surface area contributed by atoms with Gasteiger partial charge in [0.1, 0.15) is 17.5 Å². The summed E-state index contributed by atoms with van der Waals surface area (Å²) in [6, 6.07) is 1.27. The maximum atomic E-state index is 13.5. The van der Waals surface area contributed by atoms with Crippen LogP contribution in [0.5, 0.6) is 0 Å². The smallest absolute Gasteiger partial charge is 0.134 e. The first-order chi connectivity index (χ1) is 8.00. The molecule has 0 radical (unpaired) electrons. The molecule has 17 heavy (non-hydrogen) atoms. The molecule has 1 atom stereocenters. The zero-order valence-electron chi connectivity index (χ0n) is 8.81. The zero-order valence-corrected chi connectivity index (χ0v) is 10.4. The first-order valence-electron chi connectivity index (χ1n) is 4.82. The van der Waals surface area contributed by atoms with Gasteiger partial charge in [0.15, 0.2) is 0 Å². The Kier molecular flexibility index (Phi) is 3.45. The lowest BCUT2D eigenvalue weighted by Gasteiger charge is -2.12. The van der Waals surface area contributed by atoms with E-state index in [1.165, 1.54) is 11.3 Å². The first-order valence-corrected chi connectivity index (χ1v) is 6.20. The number of halogens is 4. The number of benzene rings is 1. The van der Waals surface area contributed by atoms with Crippen molar-refractivity contribution in [1.29, 1.82) is 0 Å². The molecule has 0 amide bonds.